The molecular weight excluding hydrogens is 296 g/mol. The molecule has 23 heavy (non-hydrogen) atoms. The topological polar surface area (TPSA) is 77.4 Å². The van der Waals surface area contributed by atoms with Crippen molar-refractivity contribution in [3.63, 3.8) is 0 Å². The van der Waals surface area contributed by atoms with Gasteiger partial charge in [-0.15, -0.1) is 0 Å². The van der Waals surface area contributed by atoms with Crippen LogP contribution in [0.15, 0.2) is 33.7 Å². The monoisotopic (exact) mass is 314 g/mol. The van der Waals surface area contributed by atoms with Crippen LogP contribution in [0, 0.1) is 6.92 Å². The number of hydrogen-bond acceptors (Lipinski definition) is 7. The summed E-state index contributed by atoms with van der Waals surface area (Å²) in [5, 5.41) is 4.85. The van der Waals surface area contributed by atoms with E-state index in [9.17, 15) is 0 Å². The molecule has 0 unspecified atom stereocenters. The third kappa shape index (κ3) is 2.79. The van der Waals surface area contributed by atoms with Crippen molar-refractivity contribution in [2.24, 2.45) is 0 Å². The zero-order valence-electron chi connectivity index (χ0n) is 12.9. The molecule has 0 amide bonds. The van der Waals surface area contributed by atoms with Crippen molar-refractivity contribution in [2.75, 3.05) is 18.1 Å². The highest BCUT2D eigenvalue weighted by atomic mass is 16.5. The second-order valence-corrected chi connectivity index (χ2v) is 5.74. The summed E-state index contributed by atoms with van der Waals surface area (Å²) in [6, 6.07) is 3.85. The summed E-state index contributed by atoms with van der Waals surface area (Å²) in [6.45, 7) is 4.08. The molecule has 0 N–H and O–H groups in total. The van der Waals surface area contributed by atoms with Crippen LogP contribution < -0.4 is 4.90 Å². The summed E-state index contributed by atoms with van der Waals surface area (Å²) < 4.78 is 16.6. The van der Waals surface area contributed by atoms with Gasteiger partial charge in [-0.1, -0.05) is 5.16 Å². The van der Waals surface area contributed by atoms with Gasteiger partial charge in [0.1, 0.15) is 23.3 Å². The van der Waals surface area contributed by atoms with Crippen molar-refractivity contribution in [3.05, 3.63) is 36.2 Å². The second-order valence-electron chi connectivity index (χ2n) is 5.74. The fourth-order valence-electron chi connectivity index (χ4n) is 2.99. The smallest absolute Gasteiger partial charge is 0.263 e. The van der Waals surface area contributed by atoms with Gasteiger partial charge in [0.05, 0.1) is 24.6 Å². The molecule has 7 heteroatoms. The van der Waals surface area contributed by atoms with Crippen LogP contribution in [0.3, 0.4) is 0 Å². The summed E-state index contributed by atoms with van der Waals surface area (Å²) in [5.74, 6) is 1.68. The minimum absolute atomic E-state index is 0.204. The van der Waals surface area contributed by atoms with Gasteiger partial charge in [-0.05, 0) is 31.9 Å². The molecule has 1 atom stereocenters. The van der Waals surface area contributed by atoms with Crippen LogP contribution in [0.5, 0.6) is 0 Å². The standard InChI is InChI=1S/C16H18N4O3/c1-11-14-15(17-10-18-16(14)23-19-11)20(8-12-4-2-6-21-12)9-13-5-3-7-22-13/h2,4,6,10,13H,3,5,7-9H2,1H3/t13-/m1/s1. The van der Waals surface area contributed by atoms with Crippen molar-refractivity contribution in [3.8, 4) is 0 Å². The van der Waals surface area contributed by atoms with Crippen LogP contribution in [0.1, 0.15) is 24.3 Å². The van der Waals surface area contributed by atoms with E-state index < -0.39 is 0 Å². The van der Waals surface area contributed by atoms with E-state index in [4.69, 9.17) is 13.7 Å². The molecule has 3 aromatic rings. The minimum atomic E-state index is 0.204. The molecule has 1 aliphatic heterocycles. The maximum atomic E-state index is 5.79. The first-order chi connectivity index (χ1) is 11.3. The van der Waals surface area contributed by atoms with Crippen LogP contribution >= 0.6 is 0 Å². The summed E-state index contributed by atoms with van der Waals surface area (Å²) in [5.41, 5.74) is 1.29. The number of fused-ring (bicyclic) bond motifs is 1. The third-order valence-corrected chi connectivity index (χ3v) is 4.10. The lowest BCUT2D eigenvalue weighted by Crippen LogP contribution is -2.32. The molecule has 1 aliphatic rings. The van der Waals surface area contributed by atoms with Gasteiger partial charge in [0, 0.05) is 13.2 Å². The zero-order chi connectivity index (χ0) is 15.6. The first-order valence-electron chi connectivity index (χ1n) is 7.77. The van der Waals surface area contributed by atoms with Gasteiger partial charge < -0.3 is 18.6 Å². The lowest BCUT2D eigenvalue weighted by Gasteiger charge is -2.25. The molecule has 0 spiro atoms. The fourth-order valence-corrected chi connectivity index (χ4v) is 2.99. The van der Waals surface area contributed by atoms with E-state index in [1.165, 1.54) is 6.33 Å². The van der Waals surface area contributed by atoms with E-state index in [0.717, 1.165) is 48.7 Å². The van der Waals surface area contributed by atoms with Crippen LogP contribution in [0.4, 0.5) is 5.82 Å². The Morgan fingerprint density at radius 3 is 3.09 bits per heavy atom. The fraction of sp³-hybridized carbons (Fsp3) is 0.438. The van der Waals surface area contributed by atoms with Gasteiger partial charge in [0.25, 0.3) is 5.71 Å². The van der Waals surface area contributed by atoms with Crippen molar-refractivity contribution >= 4 is 16.9 Å². The van der Waals surface area contributed by atoms with Crippen molar-refractivity contribution < 1.29 is 13.7 Å². The molecule has 1 fully saturated rings. The number of nitrogens with zero attached hydrogens (tertiary/aromatic N) is 4. The highest BCUT2D eigenvalue weighted by molar-refractivity contribution is 5.87. The molecule has 120 valence electrons. The van der Waals surface area contributed by atoms with Gasteiger partial charge >= 0.3 is 0 Å². The molecule has 1 saturated heterocycles. The molecule has 4 heterocycles. The highest BCUT2D eigenvalue weighted by Gasteiger charge is 2.24. The van der Waals surface area contributed by atoms with Crippen molar-refractivity contribution in [2.45, 2.75) is 32.4 Å². The van der Waals surface area contributed by atoms with Gasteiger partial charge in [-0.2, -0.15) is 4.98 Å². The predicted octanol–water partition coefficient (Wildman–Crippen LogP) is 2.70. The normalized spacial score (nSPS) is 17.9. The molecule has 4 rings (SSSR count). The minimum Gasteiger partial charge on any atom is -0.467 e. The van der Waals surface area contributed by atoms with E-state index in [1.54, 1.807) is 6.26 Å². The van der Waals surface area contributed by atoms with E-state index in [-0.39, 0.29) is 6.10 Å². The maximum Gasteiger partial charge on any atom is 0.263 e. The summed E-state index contributed by atoms with van der Waals surface area (Å²) in [7, 11) is 0. The van der Waals surface area contributed by atoms with Crippen molar-refractivity contribution in [1.29, 1.82) is 0 Å². The zero-order valence-corrected chi connectivity index (χ0v) is 12.9. The van der Waals surface area contributed by atoms with E-state index in [0.29, 0.717) is 12.3 Å². The Hall–Kier alpha value is -2.41. The Balaban J connectivity index is 1.71. The molecule has 0 bridgehead atoms. The number of anilines is 1. The molecule has 0 aromatic carbocycles. The largest absolute Gasteiger partial charge is 0.467 e. The molecule has 0 saturated carbocycles. The Morgan fingerprint density at radius 1 is 1.35 bits per heavy atom. The maximum absolute atomic E-state index is 5.79. The van der Waals surface area contributed by atoms with Crippen molar-refractivity contribution in [1.82, 2.24) is 15.1 Å². The Labute approximate surface area is 133 Å². The second kappa shape index (κ2) is 6.00. The average Bonchev–Trinajstić information content (AvgIpc) is 3.30. The summed E-state index contributed by atoms with van der Waals surface area (Å²) in [4.78, 5) is 10.8. The molecule has 0 radical (unpaired) electrons. The SMILES string of the molecule is Cc1noc2ncnc(N(Cc3ccco3)C[C@H]3CCCO3)c12. The number of aromatic nitrogens is 3. The average molecular weight is 314 g/mol. The third-order valence-electron chi connectivity index (χ3n) is 4.10. The highest BCUT2D eigenvalue weighted by Crippen LogP contribution is 2.28. The van der Waals surface area contributed by atoms with Gasteiger partial charge in [-0.3, -0.25) is 0 Å². The number of furan rings is 1. The lowest BCUT2D eigenvalue weighted by molar-refractivity contribution is 0.115. The Bertz CT molecular complexity index is 778. The molecule has 3 aromatic heterocycles. The molecule has 0 aliphatic carbocycles. The molecular formula is C16H18N4O3. The number of rotatable bonds is 5. The van der Waals surface area contributed by atoms with E-state index in [2.05, 4.69) is 20.0 Å². The first kappa shape index (κ1) is 14.2. The number of hydrogen-bond donors (Lipinski definition) is 0. The van der Waals surface area contributed by atoms with Crippen LogP contribution in [0.25, 0.3) is 11.1 Å². The van der Waals surface area contributed by atoms with Crippen LogP contribution in [-0.4, -0.2) is 34.4 Å². The Kier molecular flexibility index (Phi) is 3.70. The van der Waals surface area contributed by atoms with Gasteiger partial charge in [0.2, 0.25) is 0 Å². The van der Waals surface area contributed by atoms with Gasteiger partial charge in [-0.25, -0.2) is 4.98 Å². The summed E-state index contributed by atoms with van der Waals surface area (Å²) >= 11 is 0. The lowest BCUT2D eigenvalue weighted by atomic mass is 10.2. The number of ether oxygens (including phenoxy) is 1. The first-order valence-corrected chi connectivity index (χ1v) is 7.77. The van der Waals surface area contributed by atoms with E-state index in [1.807, 2.05) is 19.1 Å². The number of aryl methyl sites for hydroxylation is 1. The predicted molar refractivity (Wildman–Crippen MR) is 83.1 cm³/mol. The summed E-state index contributed by atoms with van der Waals surface area (Å²) in [6.07, 6.45) is 5.55. The molecule has 7 nitrogen and oxygen atoms in total. The van der Waals surface area contributed by atoms with E-state index >= 15 is 0 Å². The quantitative estimate of drug-likeness (QED) is 0.716. The van der Waals surface area contributed by atoms with Gasteiger partial charge in [0.15, 0.2) is 0 Å². The Morgan fingerprint density at radius 2 is 2.30 bits per heavy atom. The van der Waals surface area contributed by atoms with Crippen LogP contribution in [0.2, 0.25) is 0 Å². The van der Waals surface area contributed by atoms with Crippen LogP contribution in [-0.2, 0) is 11.3 Å².